The molecule has 1 N–H and O–H groups in total. The second kappa shape index (κ2) is 4.26. The third-order valence-corrected chi connectivity index (χ3v) is 2.37. The Bertz CT molecular complexity index is 410. The van der Waals surface area contributed by atoms with Crippen LogP contribution in [-0.2, 0) is 11.2 Å². The Balaban J connectivity index is 2.38. The molecule has 0 unspecified atom stereocenters. The molecule has 0 aliphatic carbocycles. The molecule has 0 atom stereocenters. The van der Waals surface area contributed by atoms with Gasteiger partial charge in [0.25, 0.3) is 0 Å². The molecule has 0 spiro atoms. The lowest BCUT2D eigenvalue weighted by atomic mass is 10.00. The summed E-state index contributed by atoms with van der Waals surface area (Å²) in [7, 11) is 0. The number of hydrogen-bond donors (Lipinski definition) is 1. The molecule has 0 radical (unpaired) electrons. The average molecular weight is 202 g/mol. The summed E-state index contributed by atoms with van der Waals surface area (Å²) < 4.78 is 0. The first kappa shape index (κ1) is 9.90. The first-order valence-electron chi connectivity index (χ1n) is 5.24. The molecule has 1 amide bonds. The van der Waals surface area contributed by atoms with Crippen molar-refractivity contribution in [1.29, 1.82) is 0 Å². The minimum atomic E-state index is 0.0311. The van der Waals surface area contributed by atoms with Gasteiger partial charge in [-0.2, -0.15) is 0 Å². The van der Waals surface area contributed by atoms with Gasteiger partial charge in [0.2, 0.25) is 5.91 Å². The molecule has 1 heterocycles. The number of carbonyl (C=O) groups is 1. The quantitative estimate of drug-likeness (QED) is 0.776. The van der Waals surface area contributed by atoms with Crippen molar-refractivity contribution in [1.82, 2.24) is 5.32 Å². The van der Waals surface area contributed by atoms with E-state index in [-0.39, 0.29) is 5.91 Å². The topological polar surface area (TPSA) is 41.5 Å². The summed E-state index contributed by atoms with van der Waals surface area (Å²) >= 11 is 0. The Morgan fingerprint density at radius 2 is 2.20 bits per heavy atom. The van der Waals surface area contributed by atoms with Crippen LogP contribution in [0.2, 0.25) is 0 Å². The molecule has 0 bridgehead atoms. The number of carbonyl (C=O) groups excluding carboxylic acids is 1. The van der Waals surface area contributed by atoms with Gasteiger partial charge in [-0.05, 0) is 12.0 Å². The van der Waals surface area contributed by atoms with Crippen LogP contribution in [0.1, 0.15) is 24.5 Å². The standard InChI is InChI=1S/C12H14N2O/c1-2-7-13-12-10-6-4-3-5-9(10)8-11(15)14-12/h3-6H,2,7-8H2,1H3,(H,13,14,15). The van der Waals surface area contributed by atoms with Crippen LogP contribution >= 0.6 is 0 Å². The predicted molar refractivity (Wildman–Crippen MR) is 60.0 cm³/mol. The van der Waals surface area contributed by atoms with E-state index in [1.807, 2.05) is 24.3 Å². The summed E-state index contributed by atoms with van der Waals surface area (Å²) in [5.74, 6) is 0.757. The lowest BCUT2D eigenvalue weighted by molar-refractivity contribution is -0.119. The van der Waals surface area contributed by atoms with Gasteiger partial charge in [0, 0.05) is 12.1 Å². The van der Waals surface area contributed by atoms with Crippen molar-refractivity contribution in [3.63, 3.8) is 0 Å². The van der Waals surface area contributed by atoms with Gasteiger partial charge < -0.3 is 5.32 Å². The first-order valence-corrected chi connectivity index (χ1v) is 5.24. The van der Waals surface area contributed by atoms with Crippen LogP contribution in [0, 0.1) is 0 Å². The number of amidine groups is 1. The first-order chi connectivity index (χ1) is 7.31. The minimum Gasteiger partial charge on any atom is -0.310 e. The molecule has 2 rings (SSSR count). The SMILES string of the molecule is CCCN=C1NC(=O)Cc2ccccc21. The van der Waals surface area contributed by atoms with Crippen molar-refractivity contribution >= 4 is 11.7 Å². The fourth-order valence-corrected chi connectivity index (χ4v) is 1.67. The lowest BCUT2D eigenvalue weighted by Crippen LogP contribution is -2.38. The van der Waals surface area contributed by atoms with Gasteiger partial charge in [-0.1, -0.05) is 31.2 Å². The maximum Gasteiger partial charge on any atom is 0.229 e. The molecule has 3 nitrogen and oxygen atoms in total. The average Bonchev–Trinajstić information content (AvgIpc) is 2.25. The van der Waals surface area contributed by atoms with E-state index in [0.717, 1.165) is 29.9 Å². The molecule has 1 aliphatic rings. The number of hydrogen-bond acceptors (Lipinski definition) is 2. The van der Waals surface area contributed by atoms with E-state index in [0.29, 0.717) is 6.42 Å². The normalized spacial score (nSPS) is 17.4. The Morgan fingerprint density at radius 1 is 1.40 bits per heavy atom. The minimum absolute atomic E-state index is 0.0311. The second-order valence-electron chi connectivity index (χ2n) is 3.61. The Morgan fingerprint density at radius 3 is 3.00 bits per heavy atom. The summed E-state index contributed by atoms with van der Waals surface area (Å²) in [6, 6.07) is 7.91. The van der Waals surface area contributed by atoms with Crippen LogP contribution in [0.15, 0.2) is 29.3 Å². The Kier molecular flexibility index (Phi) is 2.81. The number of benzene rings is 1. The smallest absolute Gasteiger partial charge is 0.229 e. The maximum absolute atomic E-state index is 11.4. The molecule has 15 heavy (non-hydrogen) atoms. The molecule has 1 aromatic rings. The van der Waals surface area contributed by atoms with Gasteiger partial charge >= 0.3 is 0 Å². The summed E-state index contributed by atoms with van der Waals surface area (Å²) in [6.07, 6.45) is 1.45. The maximum atomic E-state index is 11.4. The fourth-order valence-electron chi connectivity index (χ4n) is 1.67. The van der Waals surface area contributed by atoms with Gasteiger partial charge in [0.05, 0.1) is 6.42 Å². The zero-order chi connectivity index (χ0) is 10.7. The summed E-state index contributed by atoms with van der Waals surface area (Å²) in [5, 5.41) is 2.82. The highest BCUT2D eigenvalue weighted by molar-refractivity contribution is 6.12. The highest BCUT2D eigenvalue weighted by Crippen LogP contribution is 2.14. The van der Waals surface area contributed by atoms with Gasteiger partial charge in [0.1, 0.15) is 5.84 Å². The number of nitrogens with one attached hydrogen (secondary N) is 1. The molecule has 0 aromatic heterocycles. The third kappa shape index (κ3) is 2.06. The van der Waals surface area contributed by atoms with Gasteiger partial charge in [-0.15, -0.1) is 0 Å². The second-order valence-corrected chi connectivity index (χ2v) is 3.61. The zero-order valence-corrected chi connectivity index (χ0v) is 8.79. The highest BCUT2D eigenvalue weighted by Gasteiger charge is 2.19. The molecular weight excluding hydrogens is 188 g/mol. The van der Waals surface area contributed by atoms with Crippen molar-refractivity contribution < 1.29 is 4.79 Å². The van der Waals surface area contributed by atoms with Crippen molar-refractivity contribution in [3.05, 3.63) is 35.4 Å². The van der Waals surface area contributed by atoms with Crippen molar-refractivity contribution in [2.45, 2.75) is 19.8 Å². The Hall–Kier alpha value is -1.64. The largest absolute Gasteiger partial charge is 0.310 e. The fraction of sp³-hybridized carbons (Fsp3) is 0.333. The van der Waals surface area contributed by atoms with E-state index in [9.17, 15) is 4.79 Å². The molecule has 0 fully saturated rings. The van der Waals surface area contributed by atoms with Gasteiger partial charge in [-0.3, -0.25) is 9.79 Å². The number of rotatable bonds is 2. The third-order valence-electron chi connectivity index (χ3n) is 2.37. The van der Waals surface area contributed by atoms with Crippen LogP contribution in [0.5, 0.6) is 0 Å². The van der Waals surface area contributed by atoms with Crippen molar-refractivity contribution in [2.24, 2.45) is 4.99 Å². The molecular formula is C12H14N2O. The zero-order valence-electron chi connectivity index (χ0n) is 8.79. The number of aliphatic imine (C=N–C) groups is 1. The summed E-state index contributed by atoms with van der Waals surface area (Å²) in [5.41, 5.74) is 2.13. The van der Waals surface area contributed by atoms with Gasteiger partial charge in [-0.25, -0.2) is 0 Å². The van der Waals surface area contributed by atoms with Crippen LogP contribution in [-0.4, -0.2) is 18.3 Å². The molecule has 1 aromatic carbocycles. The van der Waals surface area contributed by atoms with E-state index in [1.54, 1.807) is 0 Å². The highest BCUT2D eigenvalue weighted by atomic mass is 16.1. The van der Waals surface area contributed by atoms with Gasteiger partial charge in [0.15, 0.2) is 0 Å². The molecule has 0 saturated carbocycles. The van der Waals surface area contributed by atoms with E-state index in [2.05, 4.69) is 17.2 Å². The number of nitrogens with zero attached hydrogens (tertiary/aromatic N) is 1. The number of fused-ring (bicyclic) bond motifs is 1. The van der Waals surface area contributed by atoms with Crippen LogP contribution in [0.3, 0.4) is 0 Å². The molecule has 1 aliphatic heterocycles. The summed E-state index contributed by atoms with van der Waals surface area (Å²) in [6.45, 7) is 2.82. The molecule has 0 saturated heterocycles. The van der Waals surface area contributed by atoms with E-state index < -0.39 is 0 Å². The van der Waals surface area contributed by atoms with Crippen LogP contribution < -0.4 is 5.32 Å². The molecule has 78 valence electrons. The number of amides is 1. The van der Waals surface area contributed by atoms with E-state index >= 15 is 0 Å². The van der Waals surface area contributed by atoms with Crippen LogP contribution in [0.25, 0.3) is 0 Å². The molecule has 3 heteroatoms. The lowest BCUT2D eigenvalue weighted by Gasteiger charge is -2.18. The van der Waals surface area contributed by atoms with E-state index in [1.165, 1.54) is 0 Å². The predicted octanol–water partition coefficient (Wildman–Crippen LogP) is 1.52. The van der Waals surface area contributed by atoms with Crippen molar-refractivity contribution in [2.75, 3.05) is 6.54 Å². The van der Waals surface area contributed by atoms with Crippen LogP contribution in [0.4, 0.5) is 0 Å². The monoisotopic (exact) mass is 202 g/mol. The van der Waals surface area contributed by atoms with E-state index in [4.69, 9.17) is 0 Å². The Labute approximate surface area is 89.2 Å². The van der Waals surface area contributed by atoms with Crippen molar-refractivity contribution in [3.8, 4) is 0 Å². The summed E-state index contributed by atoms with van der Waals surface area (Å²) in [4.78, 5) is 15.8.